The molecule has 0 spiro atoms. The molecule has 0 radical (unpaired) electrons. The number of Topliss-reactive ketones (excluding diaryl/α,β-unsaturated/α-hetero) is 1. The van der Waals surface area contributed by atoms with E-state index in [9.17, 15) is 9.90 Å². The number of ether oxygens (including phenoxy) is 1. The summed E-state index contributed by atoms with van der Waals surface area (Å²) in [6, 6.07) is 3.64. The molecule has 3 nitrogen and oxygen atoms in total. The number of halogens is 1. The van der Waals surface area contributed by atoms with E-state index in [1.54, 1.807) is 6.07 Å². The molecule has 0 amide bonds. The first-order valence-corrected chi connectivity index (χ1v) is 7.07. The molecule has 1 aromatic rings. The number of carbonyl (C=O) groups excluding carboxylic acids is 1. The fourth-order valence-electron chi connectivity index (χ4n) is 2.46. The number of rotatable bonds is 5. The number of carbonyl (C=O) groups is 1. The number of ketones is 1. The van der Waals surface area contributed by atoms with Gasteiger partial charge in [-0.15, -0.1) is 0 Å². The standard InChI is InChI=1S/C15H19ClO3/c1-3-15(18,4-2)13(17)9-11-8-12(16)7-10-5-6-19-14(10)11/h7-8,18H,3-6,9H2,1-2H3. The van der Waals surface area contributed by atoms with Crippen LogP contribution in [-0.4, -0.2) is 23.1 Å². The minimum absolute atomic E-state index is 0.168. The first-order chi connectivity index (χ1) is 9.00. The van der Waals surface area contributed by atoms with Gasteiger partial charge in [-0.3, -0.25) is 4.79 Å². The van der Waals surface area contributed by atoms with Gasteiger partial charge in [0.05, 0.1) is 6.61 Å². The van der Waals surface area contributed by atoms with Crippen LogP contribution in [0.15, 0.2) is 12.1 Å². The summed E-state index contributed by atoms with van der Waals surface area (Å²) in [6.07, 6.45) is 1.84. The van der Waals surface area contributed by atoms with E-state index in [-0.39, 0.29) is 12.2 Å². The zero-order chi connectivity index (χ0) is 14.0. The summed E-state index contributed by atoms with van der Waals surface area (Å²) < 4.78 is 5.57. The second-order valence-electron chi connectivity index (χ2n) is 4.99. The first-order valence-electron chi connectivity index (χ1n) is 6.70. The first kappa shape index (κ1) is 14.4. The number of fused-ring (bicyclic) bond motifs is 1. The van der Waals surface area contributed by atoms with Gasteiger partial charge in [0.2, 0.25) is 0 Å². The molecule has 19 heavy (non-hydrogen) atoms. The Morgan fingerprint density at radius 2 is 2.11 bits per heavy atom. The van der Waals surface area contributed by atoms with Crippen molar-refractivity contribution in [2.45, 2.75) is 45.1 Å². The van der Waals surface area contributed by atoms with Gasteiger partial charge in [0.25, 0.3) is 0 Å². The Morgan fingerprint density at radius 3 is 2.74 bits per heavy atom. The third-order valence-corrected chi connectivity index (χ3v) is 4.08. The number of benzene rings is 1. The van der Waals surface area contributed by atoms with E-state index in [0.717, 1.165) is 23.3 Å². The summed E-state index contributed by atoms with van der Waals surface area (Å²) in [5, 5.41) is 10.9. The lowest BCUT2D eigenvalue weighted by molar-refractivity contribution is -0.137. The van der Waals surface area contributed by atoms with Crippen LogP contribution in [0.25, 0.3) is 0 Å². The van der Waals surface area contributed by atoms with E-state index in [2.05, 4.69) is 0 Å². The molecule has 2 rings (SSSR count). The molecule has 1 heterocycles. The van der Waals surface area contributed by atoms with Crippen molar-refractivity contribution in [3.63, 3.8) is 0 Å². The van der Waals surface area contributed by atoms with E-state index < -0.39 is 5.60 Å². The summed E-state index contributed by atoms with van der Waals surface area (Å²) in [4.78, 5) is 12.3. The van der Waals surface area contributed by atoms with E-state index in [4.69, 9.17) is 16.3 Å². The van der Waals surface area contributed by atoms with Crippen molar-refractivity contribution < 1.29 is 14.6 Å². The molecular weight excluding hydrogens is 264 g/mol. The molecule has 1 N–H and O–H groups in total. The molecule has 0 unspecified atom stereocenters. The predicted molar refractivity (Wildman–Crippen MR) is 74.9 cm³/mol. The Labute approximate surface area is 118 Å². The molecule has 1 aromatic carbocycles. The highest BCUT2D eigenvalue weighted by Crippen LogP contribution is 2.34. The zero-order valence-corrected chi connectivity index (χ0v) is 12.1. The Morgan fingerprint density at radius 1 is 1.42 bits per heavy atom. The van der Waals surface area contributed by atoms with Crippen LogP contribution in [0.2, 0.25) is 5.02 Å². The summed E-state index contributed by atoms with van der Waals surface area (Å²) in [5.41, 5.74) is 0.588. The summed E-state index contributed by atoms with van der Waals surface area (Å²) in [5.74, 6) is 0.602. The zero-order valence-electron chi connectivity index (χ0n) is 11.3. The average Bonchev–Trinajstić information content (AvgIpc) is 2.85. The molecule has 0 aromatic heterocycles. The van der Waals surface area contributed by atoms with Crippen molar-refractivity contribution in [2.75, 3.05) is 6.61 Å². The van der Waals surface area contributed by atoms with E-state index in [1.165, 1.54) is 0 Å². The van der Waals surface area contributed by atoms with E-state index in [1.807, 2.05) is 19.9 Å². The monoisotopic (exact) mass is 282 g/mol. The lowest BCUT2D eigenvalue weighted by Gasteiger charge is -2.23. The Bertz CT molecular complexity index is 492. The maximum absolute atomic E-state index is 12.3. The smallest absolute Gasteiger partial charge is 0.168 e. The van der Waals surface area contributed by atoms with Crippen LogP contribution in [0.5, 0.6) is 5.75 Å². The van der Waals surface area contributed by atoms with Crippen LogP contribution >= 0.6 is 11.6 Å². The van der Waals surface area contributed by atoms with Crippen LogP contribution in [0.1, 0.15) is 37.8 Å². The molecule has 0 fully saturated rings. The van der Waals surface area contributed by atoms with Gasteiger partial charge in [-0.1, -0.05) is 25.4 Å². The van der Waals surface area contributed by atoms with Gasteiger partial charge in [-0.2, -0.15) is 0 Å². The predicted octanol–water partition coefficient (Wildman–Crippen LogP) is 2.94. The fraction of sp³-hybridized carbons (Fsp3) is 0.533. The molecule has 0 saturated carbocycles. The van der Waals surface area contributed by atoms with Crippen molar-refractivity contribution in [3.05, 3.63) is 28.3 Å². The molecular formula is C15H19ClO3. The van der Waals surface area contributed by atoms with Crippen molar-refractivity contribution in [2.24, 2.45) is 0 Å². The Balaban J connectivity index is 2.27. The van der Waals surface area contributed by atoms with Gasteiger partial charge in [-0.25, -0.2) is 0 Å². The van der Waals surface area contributed by atoms with Crippen LogP contribution in [0.3, 0.4) is 0 Å². The molecule has 0 bridgehead atoms. The number of hydrogen-bond acceptors (Lipinski definition) is 3. The van der Waals surface area contributed by atoms with Gasteiger partial charge in [0, 0.05) is 23.4 Å². The average molecular weight is 283 g/mol. The molecule has 0 saturated heterocycles. The quantitative estimate of drug-likeness (QED) is 0.903. The van der Waals surface area contributed by atoms with Gasteiger partial charge in [0.15, 0.2) is 5.78 Å². The second kappa shape index (κ2) is 5.51. The second-order valence-corrected chi connectivity index (χ2v) is 5.43. The Kier molecular flexibility index (Phi) is 4.16. The third-order valence-electron chi connectivity index (χ3n) is 3.87. The van der Waals surface area contributed by atoms with Crippen LogP contribution in [-0.2, 0) is 17.6 Å². The third kappa shape index (κ3) is 2.77. The van der Waals surface area contributed by atoms with Crippen molar-refractivity contribution >= 4 is 17.4 Å². The topological polar surface area (TPSA) is 46.5 Å². The SMILES string of the molecule is CCC(O)(CC)C(=O)Cc1cc(Cl)cc2c1OCC2. The maximum atomic E-state index is 12.3. The minimum atomic E-state index is -1.24. The molecule has 104 valence electrons. The van der Waals surface area contributed by atoms with Crippen molar-refractivity contribution in [1.29, 1.82) is 0 Å². The van der Waals surface area contributed by atoms with Crippen molar-refractivity contribution in [1.82, 2.24) is 0 Å². The van der Waals surface area contributed by atoms with Crippen LogP contribution in [0.4, 0.5) is 0 Å². The lowest BCUT2D eigenvalue weighted by Crippen LogP contribution is -2.38. The van der Waals surface area contributed by atoms with E-state index >= 15 is 0 Å². The summed E-state index contributed by atoms with van der Waals surface area (Å²) >= 11 is 6.06. The maximum Gasteiger partial charge on any atom is 0.168 e. The van der Waals surface area contributed by atoms with Gasteiger partial charge in [0.1, 0.15) is 11.4 Å². The number of aliphatic hydroxyl groups is 1. The molecule has 0 aliphatic carbocycles. The van der Waals surface area contributed by atoms with E-state index in [0.29, 0.717) is 24.5 Å². The largest absolute Gasteiger partial charge is 0.493 e. The van der Waals surface area contributed by atoms with Crippen LogP contribution < -0.4 is 4.74 Å². The molecule has 4 heteroatoms. The highest BCUT2D eigenvalue weighted by Gasteiger charge is 2.32. The normalized spacial score (nSPS) is 14.1. The molecule has 0 atom stereocenters. The molecule has 1 aliphatic rings. The van der Waals surface area contributed by atoms with Gasteiger partial charge < -0.3 is 9.84 Å². The summed E-state index contributed by atoms with van der Waals surface area (Å²) in [6.45, 7) is 4.27. The minimum Gasteiger partial charge on any atom is -0.493 e. The van der Waals surface area contributed by atoms with Gasteiger partial charge >= 0.3 is 0 Å². The fourth-order valence-corrected chi connectivity index (χ4v) is 2.72. The Hall–Kier alpha value is -1.06. The van der Waals surface area contributed by atoms with Gasteiger partial charge in [-0.05, 0) is 30.5 Å². The van der Waals surface area contributed by atoms with Crippen LogP contribution in [0, 0.1) is 0 Å². The molecule has 1 aliphatic heterocycles. The highest BCUT2D eigenvalue weighted by atomic mass is 35.5. The number of hydrogen-bond donors (Lipinski definition) is 1. The van der Waals surface area contributed by atoms with Crippen molar-refractivity contribution in [3.8, 4) is 5.75 Å². The summed E-state index contributed by atoms with van der Waals surface area (Å²) in [7, 11) is 0. The highest BCUT2D eigenvalue weighted by molar-refractivity contribution is 6.30. The lowest BCUT2D eigenvalue weighted by atomic mass is 9.88.